The molecule has 0 heterocycles. The Kier molecular flexibility index (Phi) is 4.03. The maximum absolute atomic E-state index is 9.31. The van der Waals surface area contributed by atoms with Crippen LogP contribution in [-0.4, -0.2) is 33.6 Å². The molecule has 0 unspecified atom stereocenters. The molecule has 0 aromatic heterocycles. The summed E-state index contributed by atoms with van der Waals surface area (Å²) in [5.74, 6) is 0. The molecular weight excluding hydrogens is 184 g/mol. The summed E-state index contributed by atoms with van der Waals surface area (Å²) in [5.41, 5.74) is 1.05. The summed E-state index contributed by atoms with van der Waals surface area (Å²) in [5, 5.41) is 36.1. The van der Waals surface area contributed by atoms with E-state index in [1.54, 1.807) is 24.3 Å². The summed E-state index contributed by atoms with van der Waals surface area (Å²) in [6, 6.07) is 6.51. The van der Waals surface area contributed by atoms with E-state index >= 15 is 0 Å². The lowest BCUT2D eigenvalue weighted by atomic mass is 10.0. The van der Waals surface area contributed by atoms with Gasteiger partial charge in [-0.15, -0.1) is 0 Å². The van der Waals surface area contributed by atoms with Crippen LogP contribution in [0.15, 0.2) is 24.3 Å². The second-order valence-electron chi connectivity index (χ2n) is 3.07. The third-order valence-electron chi connectivity index (χ3n) is 2.03. The van der Waals surface area contributed by atoms with Crippen molar-refractivity contribution in [2.75, 3.05) is 13.2 Å². The van der Waals surface area contributed by atoms with Crippen molar-refractivity contribution in [2.24, 2.45) is 0 Å². The van der Waals surface area contributed by atoms with E-state index < -0.39 is 12.2 Å². The van der Waals surface area contributed by atoms with Crippen molar-refractivity contribution in [3.8, 4) is 0 Å². The predicted octanol–water partition coefficient (Wildman–Crippen LogP) is -0.262. The van der Waals surface area contributed by atoms with Crippen LogP contribution >= 0.6 is 0 Å². The highest BCUT2D eigenvalue weighted by Crippen LogP contribution is 2.18. The van der Waals surface area contributed by atoms with Crippen LogP contribution in [0.4, 0.5) is 0 Å². The predicted molar refractivity (Wildman–Crippen MR) is 50.5 cm³/mol. The fourth-order valence-corrected chi connectivity index (χ4v) is 1.18. The summed E-state index contributed by atoms with van der Waals surface area (Å²) < 4.78 is 0. The number of hydrogen-bond donors (Lipinski definition) is 4. The fraction of sp³-hybridized carbons (Fsp3) is 0.400. The van der Waals surface area contributed by atoms with E-state index in [0.717, 1.165) is 0 Å². The van der Waals surface area contributed by atoms with Crippen LogP contribution in [-0.2, 0) is 0 Å². The van der Waals surface area contributed by atoms with Gasteiger partial charge in [0.05, 0.1) is 13.2 Å². The Morgan fingerprint density at radius 3 is 1.71 bits per heavy atom. The molecule has 0 bridgehead atoms. The number of aliphatic hydroxyl groups is 4. The van der Waals surface area contributed by atoms with E-state index in [0.29, 0.717) is 11.1 Å². The van der Waals surface area contributed by atoms with E-state index in [2.05, 4.69) is 0 Å². The van der Waals surface area contributed by atoms with Gasteiger partial charge >= 0.3 is 0 Å². The molecule has 2 atom stereocenters. The zero-order chi connectivity index (χ0) is 10.6. The summed E-state index contributed by atoms with van der Waals surface area (Å²) in [4.78, 5) is 0. The average molecular weight is 198 g/mol. The molecule has 1 aromatic carbocycles. The molecule has 0 fully saturated rings. The van der Waals surface area contributed by atoms with Crippen molar-refractivity contribution in [2.45, 2.75) is 12.2 Å². The number of hydrogen-bond acceptors (Lipinski definition) is 4. The van der Waals surface area contributed by atoms with Crippen LogP contribution < -0.4 is 0 Å². The molecule has 1 aromatic rings. The summed E-state index contributed by atoms with van der Waals surface area (Å²) >= 11 is 0. The molecule has 0 saturated carbocycles. The molecule has 0 aliphatic heterocycles. The van der Waals surface area contributed by atoms with E-state index in [9.17, 15) is 10.2 Å². The minimum Gasteiger partial charge on any atom is -0.393 e. The van der Waals surface area contributed by atoms with Gasteiger partial charge in [-0.25, -0.2) is 0 Å². The molecular formula is C10H14O4. The van der Waals surface area contributed by atoms with Gasteiger partial charge in [-0.3, -0.25) is 0 Å². The van der Waals surface area contributed by atoms with Gasteiger partial charge in [0.25, 0.3) is 0 Å². The van der Waals surface area contributed by atoms with Gasteiger partial charge < -0.3 is 20.4 Å². The average Bonchev–Trinajstić information content (AvgIpc) is 2.27. The first-order valence-corrected chi connectivity index (χ1v) is 4.36. The van der Waals surface area contributed by atoms with Gasteiger partial charge in [0.1, 0.15) is 12.2 Å². The first kappa shape index (κ1) is 11.1. The molecule has 78 valence electrons. The van der Waals surface area contributed by atoms with Crippen LogP contribution in [0, 0.1) is 0 Å². The summed E-state index contributed by atoms with van der Waals surface area (Å²) in [7, 11) is 0. The molecule has 1 rings (SSSR count). The van der Waals surface area contributed by atoms with Crippen molar-refractivity contribution >= 4 is 0 Å². The van der Waals surface area contributed by atoms with E-state index in [-0.39, 0.29) is 13.2 Å². The lowest BCUT2D eigenvalue weighted by Gasteiger charge is -2.12. The van der Waals surface area contributed by atoms with Gasteiger partial charge in [-0.05, 0) is 11.1 Å². The second kappa shape index (κ2) is 5.07. The fourth-order valence-electron chi connectivity index (χ4n) is 1.18. The van der Waals surface area contributed by atoms with Gasteiger partial charge in [0.2, 0.25) is 0 Å². The van der Waals surface area contributed by atoms with Crippen LogP contribution in [0.1, 0.15) is 23.3 Å². The molecule has 4 N–H and O–H groups in total. The van der Waals surface area contributed by atoms with Gasteiger partial charge in [0, 0.05) is 0 Å². The van der Waals surface area contributed by atoms with E-state index in [4.69, 9.17) is 10.2 Å². The van der Waals surface area contributed by atoms with Gasteiger partial charge in [0.15, 0.2) is 0 Å². The Hall–Kier alpha value is -0.940. The monoisotopic (exact) mass is 198 g/mol. The Labute approximate surface area is 82.1 Å². The van der Waals surface area contributed by atoms with Gasteiger partial charge in [-0.1, -0.05) is 24.3 Å². The SMILES string of the molecule is OC[C@@H](O)c1cccc([C@H](O)CO)c1. The van der Waals surface area contributed by atoms with E-state index in [1.165, 1.54) is 0 Å². The van der Waals surface area contributed by atoms with Crippen molar-refractivity contribution in [1.29, 1.82) is 0 Å². The van der Waals surface area contributed by atoms with Crippen molar-refractivity contribution in [3.63, 3.8) is 0 Å². The number of benzene rings is 1. The first-order valence-electron chi connectivity index (χ1n) is 4.36. The smallest absolute Gasteiger partial charge is 0.102 e. The normalized spacial score (nSPS) is 15.1. The summed E-state index contributed by atoms with van der Waals surface area (Å²) in [6.45, 7) is -0.725. The van der Waals surface area contributed by atoms with Crippen LogP contribution in [0.25, 0.3) is 0 Å². The van der Waals surface area contributed by atoms with Crippen molar-refractivity contribution in [1.82, 2.24) is 0 Å². The Morgan fingerprint density at radius 2 is 1.36 bits per heavy atom. The van der Waals surface area contributed by atoms with Crippen molar-refractivity contribution < 1.29 is 20.4 Å². The summed E-state index contributed by atoms with van der Waals surface area (Å²) in [6.07, 6.45) is -1.89. The highest BCUT2D eigenvalue weighted by Gasteiger charge is 2.10. The second-order valence-corrected chi connectivity index (χ2v) is 3.07. The van der Waals surface area contributed by atoms with E-state index in [1.807, 2.05) is 0 Å². The molecule has 0 amide bonds. The molecule has 4 heteroatoms. The standard InChI is InChI=1S/C10H14O4/c11-5-9(13)7-2-1-3-8(4-7)10(14)6-12/h1-4,9-14H,5-6H2/t9-,10-/m1/s1. The number of aliphatic hydroxyl groups excluding tert-OH is 4. The highest BCUT2D eigenvalue weighted by molar-refractivity contribution is 5.26. The van der Waals surface area contributed by atoms with Crippen LogP contribution in [0.2, 0.25) is 0 Å². The maximum atomic E-state index is 9.31. The maximum Gasteiger partial charge on any atom is 0.102 e. The van der Waals surface area contributed by atoms with Gasteiger partial charge in [-0.2, -0.15) is 0 Å². The molecule has 0 radical (unpaired) electrons. The molecule has 14 heavy (non-hydrogen) atoms. The zero-order valence-electron chi connectivity index (χ0n) is 7.67. The minimum atomic E-state index is -0.944. The first-order chi connectivity index (χ1) is 6.69. The third kappa shape index (κ3) is 2.52. The Bertz CT molecular complexity index is 262. The third-order valence-corrected chi connectivity index (χ3v) is 2.03. The minimum absolute atomic E-state index is 0.362. The molecule has 4 nitrogen and oxygen atoms in total. The Morgan fingerprint density at radius 1 is 0.929 bits per heavy atom. The lowest BCUT2D eigenvalue weighted by molar-refractivity contribution is 0.0905. The molecule has 0 saturated heterocycles. The lowest BCUT2D eigenvalue weighted by Crippen LogP contribution is -2.06. The highest BCUT2D eigenvalue weighted by atomic mass is 16.3. The zero-order valence-corrected chi connectivity index (χ0v) is 7.67. The Balaban J connectivity index is 2.89. The molecule has 0 aliphatic rings. The molecule has 0 aliphatic carbocycles. The van der Waals surface area contributed by atoms with Crippen molar-refractivity contribution in [3.05, 3.63) is 35.4 Å². The largest absolute Gasteiger partial charge is 0.393 e. The van der Waals surface area contributed by atoms with Crippen LogP contribution in [0.3, 0.4) is 0 Å². The number of rotatable bonds is 4. The van der Waals surface area contributed by atoms with Crippen LogP contribution in [0.5, 0.6) is 0 Å². The quantitative estimate of drug-likeness (QED) is 0.537. The topological polar surface area (TPSA) is 80.9 Å². The molecule has 0 spiro atoms.